The minimum Gasteiger partial charge on any atom is -0.377 e. The second kappa shape index (κ2) is 6.72. The summed E-state index contributed by atoms with van der Waals surface area (Å²) in [5, 5.41) is 4.90. The first kappa shape index (κ1) is 16.9. The molecule has 0 bridgehead atoms. The Balaban J connectivity index is 2.33. The molecule has 120 valence electrons. The first-order valence-electron chi connectivity index (χ1n) is 6.73. The zero-order chi connectivity index (χ0) is 15.6. The van der Waals surface area contributed by atoms with Crippen LogP contribution in [0.4, 0.5) is 0 Å². The highest BCUT2D eigenvalue weighted by molar-refractivity contribution is 7.89. The van der Waals surface area contributed by atoms with E-state index in [0.717, 1.165) is 10.4 Å². The molecule has 1 aromatic rings. The second-order valence-corrected chi connectivity index (χ2v) is 7.91. The minimum atomic E-state index is -3.52. The van der Waals surface area contributed by atoms with Gasteiger partial charge in [0.05, 0.1) is 12.2 Å². The average Bonchev–Trinajstić information content (AvgIpc) is 3.03. The Morgan fingerprint density at radius 3 is 2.38 bits per heavy atom. The summed E-state index contributed by atoms with van der Waals surface area (Å²) in [6.45, 7) is 3.03. The lowest BCUT2D eigenvalue weighted by Crippen LogP contribution is -2.31. The highest BCUT2D eigenvalue weighted by Gasteiger charge is 2.41. The number of nitrogens with zero attached hydrogens (tertiary/aromatic N) is 1. The molecule has 6 nitrogen and oxygen atoms in total. The summed E-state index contributed by atoms with van der Waals surface area (Å²) in [5.74, 6) is 0. The highest BCUT2D eigenvalue weighted by Crippen LogP contribution is 2.32. The van der Waals surface area contributed by atoms with Gasteiger partial charge in [-0.05, 0) is 24.9 Å². The second-order valence-electron chi connectivity index (χ2n) is 5.07. The standard InChI is InChI=1S/C13H22N2O4S2/c1-9-8-20-12(5-14-2)13(9)21(16,17)15-6-10(18-3)11(7-15)19-4/h8,10-11,14H,5-7H2,1-4H3. The lowest BCUT2D eigenvalue weighted by molar-refractivity contribution is -0.00461. The maximum atomic E-state index is 12.9. The number of aryl methyl sites for hydroxylation is 1. The Morgan fingerprint density at radius 1 is 1.33 bits per heavy atom. The molecule has 8 heteroatoms. The molecule has 1 aliphatic rings. The zero-order valence-corrected chi connectivity index (χ0v) is 14.4. The van der Waals surface area contributed by atoms with E-state index in [1.54, 1.807) is 14.2 Å². The lowest BCUT2D eigenvalue weighted by Gasteiger charge is -2.17. The topological polar surface area (TPSA) is 67.9 Å². The van der Waals surface area contributed by atoms with Crippen LogP contribution >= 0.6 is 11.3 Å². The van der Waals surface area contributed by atoms with E-state index < -0.39 is 10.0 Å². The van der Waals surface area contributed by atoms with Crippen LogP contribution in [0.15, 0.2) is 10.3 Å². The predicted molar refractivity (Wildman–Crippen MR) is 82.2 cm³/mol. The van der Waals surface area contributed by atoms with Crippen molar-refractivity contribution in [1.29, 1.82) is 0 Å². The molecular formula is C13H22N2O4S2. The summed E-state index contributed by atoms with van der Waals surface area (Å²) < 4.78 is 38.0. The molecule has 1 saturated heterocycles. The monoisotopic (exact) mass is 334 g/mol. The molecule has 2 atom stereocenters. The third-order valence-corrected chi connectivity index (χ3v) is 7.01. The number of hydrogen-bond acceptors (Lipinski definition) is 6. The van der Waals surface area contributed by atoms with Gasteiger partial charge >= 0.3 is 0 Å². The van der Waals surface area contributed by atoms with Crippen molar-refractivity contribution < 1.29 is 17.9 Å². The van der Waals surface area contributed by atoms with Crippen molar-refractivity contribution in [3.05, 3.63) is 15.8 Å². The van der Waals surface area contributed by atoms with Gasteiger partial charge < -0.3 is 14.8 Å². The van der Waals surface area contributed by atoms with Gasteiger partial charge in [0.15, 0.2) is 0 Å². The highest BCUT2D eigenvalue weighted by atomic mass is 32.2. The summed E-state index contributed by atoms with van der Waals surface area (Å²) in [5.41, 5.74) is 0.792. The van der Waals surface area contributed by atoms with Crippen LogP contribution in [-0.4, -0.2) is 59.3 Å². The van der Waals surface area contributed by atoms with Gasteiger partial charge in [-0.2, -0.15) is 4.31 Å². The molecule has 0 aromatic carbocycles. The number of hydrogen-bond donors (Lipinski definition) is 1. The maximum Gasteiger partial charge on any atom is 0.244 e. The molecule has 0 saturated carbocycles. The van der Waals surface area contributed by atoms with Crippen LogP contribution in [-0.2, 0) is 26.0 Å². The van der Waals surface area contributed by atoms with Crippen LogP contribution < -0.4 is 5.32 Å². The minimum absolute atomic E-state index is 0.225. The van der Waals surface area contributed by atoms with E-state index in [2.05, 4.69) is 5.32 Å². The first-order valence-corrected chi connectivity index (χ1v) is 9.05. The fourth-order valence-electron chi connectivity index (χ4n) is 2.61. The zero-order valence-electron chi connectivity index (χ0n) is 12.8. The van der Waals surface area contributed by atoms with Gasteiger partial charge in [0.1, 0.15) is 4.90 Å². The Kier molecular flexibility index (Phi) is 5.39. The van der Waals surface area contributed by atoms with E-state index in [9.17, 15) is 8.42 Å². The van der Waals surface area contributed by atoms with Crippen LogP contribution in [0.2, 0.25) is 0 Å². The van der Waals surface area contributed by atoms with Crippen molar-refractivity contribution in [2.45, 2.75) is 30.6 Å². The SMILES string of the molecule is CNCc1scc(C)c1S(=O)(=O)N1CC(OC)C(OC)C1. The third-order valence-electron chi connectivity index (χ3n) is 3.71. The molecule has 0 aliphatic carbocycles. The van der Waals surface area contributed by atoms with Gasteiger partial charge in [-0.1, -0.05) is 0 Å². The summed E-state index contributed by atoms with van der Waals surface area (Å²) in [6.07, 6.45) is -0.451. The summed E-state index contributed by atoms with van der Waals surface area (Å²) >= 11 is 1.47. The van der Waals surface area contributed by atoms with Crippen molar-refractivity contribution in [1.82, 2.24) is 9.62 Å². The maximum absolute atomic E-state index is 12.9. The quantitative estimate of drug-likeness (QED) is 0.834. The van der Waals surface area contributed by atoms with Crippen LogP contribution in [0.5, 0.6) is 0 Å². The third kappa shape index (κ3) is 3.15. The fraction of sp³-hybridized carbons (Fsp3) is 0.692. The summed E-state index contributed by atoms with van der Waals surface area (Å²) in [4.78, 5) is 1.26. The van der Waals surface area contributed by atoms with Crippen molar-refractivity contribution in [2.75, 3.05) is 34.4 Å². The van der Waals surface area contributed by atoms with Gasteiger partial charge in [-0.15, -0.1) is 11.3 Å². The molecule has 2 rings (SSSR count). The molecule has 1 N–H and O–H groups in total. The molecule has 1 aromatic heterocycles. The Hall–Kier alpha value is -0.510. The van der Waals surface area contributed by atoms with Crippen molar-refractivity contribution >= 4 is 21.4 Å². The van der Waals surface area contributed by atoms with Crippen LogP contribution in [0.3, 0.4) is 0 Å². The Bertz CT molecular complexity index is 573. The van der Waals surface area contributed by atoms with Gasteiger partial charge in [0.2, 0.25) is 10.0 Å². The van der Waals surface area contributed by atoms with Crippen molar-refractivity contribution in [3.8, 4) is 0 Å². The predicted octanol–water partition coefficient (Wildman–Crippen LogP) is 0.810. The molecule has 2 heterocycles. The lowest BCUT2D eigenvalue weighted by atomic mass is 10.3. The van der Waals surface area contributed by atoms with Crippen molar-refractivity contribution in [3.63, 3.8) is 0 Å². The van der Waals surface area contributed by atoms with E-state index in [0.29, 0.717) is 24.5 Å². The largest absolute Gasteiger partial charge is 0.377 e. The molecule has 1 fully saturated rings. The fourth-order valence-corrected chi connectivity index (χ4v) is 5.84. The molecule has 0 spiro atoms. The van der Waals surface area contributed by atoms with Gasteiger partial charge in [-0.25, -0.2) is 8.42 Å². The number of ether oxygens (including phenoxy) is 2. The Labute approximate surface area is 130 Å². The van der Waals surface area contributed by atoms with Crippen LogP contribution in [0.1, 0.15) is 10.4 Å². The van der Waals surface area contributed by atoms with E-state index in [1.165, 1.54) is 15.6 Å². The molecule has 0 amide bonds. The number of methoxy groups -OCH3 is 2. The first-order chi connectivity index (χ1) is 9.95. The van der Waals surface area contributed by atoms with E-state index >= 15 is 0 Å². The van der Waals surface area contributed by atoms with Gasteiger partial charge in [-0.3, -0.25) is 0 Å². The van der Waals surface area contributed by atoms with Crippen LogP contribution in [0, 0.1) is 6.92 Å². The molecular weight excluding hydrogens is 312 g/mol. The van der Waals surface area contributed by atoms with Crippen LogP contribution in [0.25, 0.3) is 0 Å². The normalized spacial score (nSPS) is 23.8. The Morgan fingerprint density at radius 2 is 1.90 bits per heavy atom. The van der Waals surface area contributed by atoms with E-state index in [4.69, 9.17) is 9.47 Å². The van der Waals surface area contributed by atoms with Crippen molar-refractivity contribution in [2.24, 2.45) is 0 Å². The van der Waals surface area contributed by atoms with Gasteiger partial charge in [0.25, 0.3) is 0 Å². The molecule has 21 heavy (non-hydrogen) atoms. The molecule has 1 aliphatic heterocycles. The molecule has 0 radical (unpaired) electrons. The smallest absolute Gasteiger partial charge is 0.244 e. The number of thiophene rings is 1. The number of sulfonamides is 1. The van der Waals surface area contributed by atoms with Gasteiger partial charge in [0, 0.05) is 38.7 Å². The molecule has 2 unspecified atom stereocenters. The van der Waals surface area contributed by atoms with E-state index in [-0.39, 0.29) is 12.2 Å². The number of nitrogens with one attached hydrogen (secondary N) is 1. The number of rotatable bonds is 6. The average molecular weight is 334 g/mol. The summed E-state index contributed by atoms with van der Waals surface area (Å²) in [6, 6.07) is 0. The summed E-state index contributed by atoms with van der Waals surface area (Å²) in [7, 11) is 1.44. The van der Waals surface area contributed by atoms with E-state index in [1.807, 2.05) is 19.4 Å².